The molecule has 0 aliphatic heterocycles. The number of nitrogens with one attached hydrogen (secondary N) is 1. The number of rotatable bonds is 3. The molecule has 0 aliphatic carbocycles. The van der Waals surface area contributed by atoms with Crippen LogP contribution >= 0.6 is 11.8 Å². The van der Waals surface area contributed by atoms with Gasteiger partial charge in [0.25, 0.3) is 5.69 Å². The number of aryl methyl sites for hydroxylation is 1. The van der Waals surface area contributed by atoms with Gasteiger partial charge in [-0.1, -0.05) is 0 Å². The van der Waals surface area contributed by atoms with Gasteiger partial charge in [0.1, 0.15) is 17.5 Å². The maximum absolute atomic E-state index is 10.7. The van der Waals surface area contributed by atoms with E-state index in [2.05, 4.69) is 15.2 Å². The molecule has 0 amide bonds. The first-order valence-electron chi connectivity index (χ1n) is 4.85. The van der Waals surface area contributed by atoms with Crippen LogP contribution in [-0.4, -0.2) is 20.1 Å². The zero-order chi connectivity index (χ0) is 13.1. The highest BCUT2D eigenvalue weighted by atomic mass is 32.2. The lowest BCUT2D eigenvalue weighted by atomic mass is 10.2. The monoisotopic (exact) mass is 261 g/mol. The first-order chi connectivity index (χ1) is 8.60. The Kier molecular flexibility index (Phi) is 3.25. The predicted molar refractivity (Wildman–Crippen MR) is 63.1 cm³/mol. The van der Waals surface area contributed by atoms with Crippen molar-refractivity contribution >= 4 is 17.4 Å². The van der Waals surface area contributed by atoms with Gasteiger partial charge in [0.05, 0.1) is 4.92 Å². The smallest absolute Gasteiger partial charge is 0.262 e. The standard InChI is InChI=1S/C10H7N5O2S/c1-6-12-10(14-13-6)18-8-2-3-9(15(16)17)7(4-8)5-11/h2-4H,1H3,(H,12,13,14). The molecule has 0 bridgehead atoms. The third-order valence-electron chi connectivity index (χ3n) is 2.07. The predicted octanol–water partition coefficient (Wildman–Crippen LogP) is 2.04. The molecule has 90 valence electrons. The molecule has 0 radical (unpaired) electrons. The van der Waals surface area contributed by atoms with Crippen molar-refractivity contribution in [3.63, 3.8) is 0 Å². The van der Waals surface area contributed by atoms with E-state index in [0.29, 0.717) is 15.9 Å². The molecule has 7 nitrogen and oxygen atoms in total. The highest BCUT2D eigenvalue weighted by Gasteiger charge is 2.14. The van der Waals surface area contributed by atoms with Crippen LogP contribution in [-0.2, 0) is 0 Å². The zero-order valence-corrected chi connectivity index (χ0v) is 10.1. The quantitative estimate of drug-likeness (QED) is 0.669. The average molecular weight is 261 g/mol. The lowest BCUT2D eigenvalue weighted by Gasteiger charge is -1.98. The topological polar surface area (TPSA) is 108 Å². The molecule has 0 saturated carbocycles. The Hall–Kier alpha value is -2.40. The molecule has 0 aliphatic rings. The van der Waals surface area contributed by atoms with E-state index in [4.69, 9.17) is 5.26 Å². The van der Waals surface area contributed by atoms with E-state index >= 15 is 0 Å². The number of hydrogen-bond acceptors (Lipinski definition) is 6. The minimum Gasteiger partial charge on any atom is -0.262 e. The highest BCUT2D eigenvalue weighted by molar-refractivity contribution is 7.99. The zero-order valence-electron chi connectivity index (χ0n) is 9.25. The molecule has 2 rings (SSSR count). The van der Waals surface area contributed by atoms with E-state index in [-0.39, 0.29) is 11.3 Å². The molecule has 1 aromatic carbocycles. The van der Waals surface area contributed by atoms with Crippen LogP contribution in [0.5, 0.6) is 0 Å². The summed E-state index contributed by atoms with van der Waals surface area (Å²) in [4.78, 5) is 14.9. The molecule has 1 N–H and O–H groups in total. The van der Waals surface area contributed by atoms with Gasteiger partial charge >= 0.3 is 0 Å². The van der Waals surface area contributed by atoms with Gasteiger partial charge in [-0.3, -0.25) is 15.2 Å². The van der Waals surface area contributed by atoms with Gasteiger partial charge in [0.2, 0.25) is 5.16 Å². The van der Waals surface area contributed by atoms with Gasteiger partial charge in [-0.15, -0.1) is 5.10 Å². The molecular weight excluding hydrogens is 254 g/mol. The van der Waals surface area contributed by atoms with Crippen LogP contribution in [0.15, 0.2) is 28.3 Å². The molecular formula is C10H7N5O2S. The Morgan fingerprint density at radius 3 is 2.89 bits per heavy atom. The molecule has 1 heterocycles. The van der Waals surface area contributed by atoms with Crippen LogP contribution in [0.4, 0.5) is 5.69 Å². The maximum atomic E-state index is 10.7. The van der Waals surface area contributed by atoms with Gasteiger partial charge in [-0.25, -0.2) is 4.98 Å². The summed E-state index contributed by atoms with van der Waals surface area (Å²) >= 11 is 1.23. The number of nitro groups is 1. The lowest BCUT2D eigenvalue weighted by molar-refractivity contribution is -0.385. The van der Waals surface area contributed by atoms with E-state index in [9.17, 15) is 10.1 Å². The van der Waals surface area contributed by atoms with E-state index in [1.54, 1.807) is 19.1 Å². The Labute approximate surface area is 106 Å². The number of nitro benzene ring substituents is 1. The molecule has 18 heavy (non-hydrogen) atoms. The Morgan fingerprint density at radius 1 is 1.56 bits per heavy atom. The van der Waals surface area contributed by atoms with Crippen LogP contribution in [0.2, 0.25) is 0 Å². The third-order valence-corrected chi connectivity index (χ3v) is 2.93. The third kappa shape index (κ3) is 2.46. The number of aromatic amines is 1. The molecule has 0 unspecified atom stereocenters. The summed E-state index contributed by atoms with van der Waals surface area (Å²) in [7, 11) is 0. The lowest BCUT2D eigenvalue weighted by Crippen LogP contribution is -1.92. The van der Waals surface area contributed by atoms with Crippen molar-refractivity contribution < 1.29 is 4.92 Å². The molecule has 1 aromatic heterocycles. The Balaban J connectivity index is 2.31. The number of H-pyrrole nitrogens is 1. The first-order valence-corrected chi connectivity index (χ1v) is 5.67. The molecule has 0 saturated heterocycles. The Bertz CT molecular complexity index is 646. The van der Waals surface area contributed by atoms with Crippen LogP contribution in [0.3, 0.4) is 0 Å². The van der Waals surface area contributed by atoms with E-state index in [1.165, 1.54) is 23.9 Å². The maximum Gasteiger partial charge on any atom is 0.287 e. The van der Waals surface area contributed by atoms with Crippen LogP contribution in [0.1, 0.15) is 11.4 Å². The fourth-order valence-electron chi connectivity index (χ4n) is 1.30. The average Bonchev–Trinajstić information content (AvgIpc) is 2.74. The number of nitriles is 1. The number of nitrogens with zero attached hydrogens (tertiary/aromatic N) is 4. The number of aromatic nitrogens is 3. The van der Waals surface area contributed by atoms with Crippen LogP contribution in [0.25, 0.3) is 0 Å². The van der Waals surface area contributed by atoms with Crippen molar-refractivity contribution in [2.75, 3.05) is 0 Å². The number of benzene rings is 1. The first kappa shape index (κ1) is 12.1. The van der Waals surface area contributed by atoms with Gasteiger partial charge in [0.15, 0.2) is 0 Å². The summed E-state index contributed by atoms with van der Waals surface area (Å²) in [6, 6.07) is 6.13. The van der Waals surface area contributed by atoms with Crippen molar-refractivity contribution in [1.82, 2.24) is 15.2 Å². The normalized spacial score (nSPS) is 10.0. The minimum atomic E-state index is -0.579. The summed E-state index contributed by atoms with van der Waals surface area (Å²) in [6.07, 6.45) is 0. The van der Waals surface area contributed by atoms with E-state index in [0.717, 1.165) is 0 Å². The summed E-state index contributed by atoms with van der Waals surface area (Å²) in [5.74, 6) is 0.680. The molecule has 2 aromatic rings. The summed E-state index contributed by atoms with van der Waals surface area (Å²) < 4.78 is 0. The molecule has 0 fully saturated rings. The fraction of sp³-hybridized carbons (Fsp3) is 0.100. The van der Waals surface area contributed by atoms with E-state index in [1.807, 2.05) is 0 Å². The van der Waals surface area contributed by atoms with E-state index < -0.39 is 4.92 Å². The van der Waals surface area contributed by atoms with Crippen molar-refractivity contribution in [2.45, 2.75) is 17.0 Å². The van der Waals surface area contributed by atoms with Crippen LogP contribution in [0, 0.1) is 28.4 Å². The van der Waals surface area contributed by atoms with Crippen LogP contribution < -0.4 is 0 Å². The molecule has 8 heteroatoms. The van der Waals surface area contributed by atoms with Gasteiger partial charge in [0, 0.05) is 11.0 Å². The SMILES string of the molecule is Cc1nc(Sc2ccc([N+](=O)[O-])c(C#N)c2)n[nH]1. The minimum absolute atomic E-state index is 0.0252. The number of hydrogen-bond donors (Lipinski definition) is 1. The summed E-state index contributed by atoms with van der Waals surface area (Å²) in [5.41, 5.74) is -0.176. The highest BCUT2D eigenvalue weighted by Crippen LogP contribution is 2.28. The van der Waals surface area contributed by atoms with Crippen molar-refractivity contribution in [3.8, 4) is 6.07 Å². The fourth-order valence-corrected chi connectivity index (χ4v) is 2.10. The van der Waals surface area contributed by atoms with Crippen molar-refractivity contribution in [2.24, 2.45) is 0 Å². The summed E-state index contributed by atoms with van der Waals surface area (Å²) in [6.45, 7) is 1.77. The largest absolute Gasteiger partial charge is 0.287 e. The van der Waals surface area contributed by atoms with Gasteiger partial charge < -0.3 is 0 Å². The van der Waals surface area contributed by atoms with Crippen molar-refractivity contribution in [1.29, 1.82) is 5.26 Å². The molecule has 0 atom stereocenters. The second kappa shape index (κ2) is 4.85. The second-order valence-corrected chi connectivity index (χ2v) is 4.39. The second-order valence-electron chi connectivity index (χ2n) is 3.35. The molecule has 0 spiro atoms. The van der Waals surface area contributed by atoms with Gasteiger partial charge in [-0.05, 0) is 30.8 Å². The van der Waals surface area contributed by atoms with Gasteiger partial charge in [-0.2, -0.15) is 5.26 Å². The van der Waals surface area contributed by atoms with Crippen molar-refractivity contribution in [3.05, 3.63) is 39.7 Å². The Morgan fingerprint density at radius 2 is 2.33 bits per heavy atom. The summed E-state index contributed by atoms with van der Waals surface area (Å²) in [5, 5.41) is 26.7.